The minimum Gasteiger partial charge on any atom is -0.487 e. The fourth-order valence-corrected chi connectivity index (χ4v) is 6.04. The van der Waals surface area contributed by atoms with E-state index in [9.17, 15) is 19.7 Å². The fraction of sp³-hybridized carbons (Fsp3) is 0.333. The van der Waals surface area contributed by atoms with E-state index >= 15 is 0 Å². The van der Waals surface area contributed by atoms with Crippen molar-refractivity contribution >= 4 is 40.5 Å². The number of allylic oxidation sites excluding steroid dienone is 4. The Hall–Kier alpha value is -3.16. The molecule has 0 saturated carbocycles. The zero-order valence-corrected chi connectivity index (χ0v) is 21.2. The summed E-state index contributed by atoms with van der Waals surface area (Å²) in [5.41, 5.74) is 4.42. The van der Waals surface area contributed by atoms with E-state index in [1.165, 1.54) is 12.1 Å². The lowest BCUT2D eigenvalue weighted by Gasteiger charge is -2.42. The third-order valence-electron chi connectivity index (χ3n) is 7.12. The number of rotatable bonds is 5. The average molecular weight is 527 g/mol. The lowest BCUT2D eigenvalue weighted by Crippen LogP contribution is -2.37. The molecule has 0 atom stereocenters. The number of carbonyl (C=O) groups excluding carboxylic acids is 2. The lowest BCUT2D eigenvalue weighted by molar-refractivity contribution is -0.384. The lowest BCUT2D eigenvalue weighted by atomic mass is 9.71. The van der Waals surface area contributed by atoms with E-state index in [1.54, 1.807) is 24.3 Å². The van der Waals surface area contributed by atoms with E-state index in [0.29, 0.717) is 45.9 Å². The number of ketones is 2. The van der Waals surface area contributed by atoms with E-state index in [1.807, 2.05) is 11.9 Å². The van der Waals surface area contributed by atoms with E-state index < -0.39 is 10.8 Å². The molecule has 0 radical (unpaired) electrons. The van der Waals surface area contributed by atoms with Crippen LogP contribution in [0.25, 0.3) is 0 Å². The van der Waals surface area contributed by atoms with E-state index in [0.717, 1.165) is 37.1 Å². The molecule has 36 heavy (non-hydrogen) atoms. The Labute approximate surface area is 218 Å². The van der Waals surface area contributed by atoms with Crippen LogP contribution in [-0.2, 0) is 16.2 Å². The van der Waals surface area contributed by atoms with Crippen molar-refractivity contribution in [3.8, 4) is 5.75 Å². The summed E-state index contributed by atoms with van der Waals surface area (Å²) in [6.07, 6.45) is 3.90. The average Bonchev–Trinajstić information content (AvgIpc) is 2.84. The normalized spacial score (nSPS) is 18.4. The van der Waals surface area contributed by atoms with Crippen LogP contribution in [0.3, 0.4) is 0 Å². The Bertz CT molecular complexity index is 1300. The smallest absolute Gasteiger partial charge is 0.269 e. The third kappa shape index (κ3) is 4.31. The van der Waals surface area contributed by atoms with Crippen molar-refractivity contribution in [2.45, 2.75) is 51.0 Å². The van der Waals surface area contributed by atoms with Gasteiger partial charge in [0.2, 0.25) is 0 Å². The number of nitro groups is 1. The highest BCUT2D eigenvalue weighted by Gasteiger charge is 2.43. The minimum atomic E-state index is -0.602. The first-order valence-electron chi connectivity index (χ1n) is 11.9. The fourth-order valence-electron chi connectivity index (χ4n) is 5.48. The third-order valence-corrected chi connectivity index (χ3v) is 7.62. The highest BCUT2D eigenvalue weighted by molar-refractivity contribution is 6.35. The maximum Gasteiger partial charge on any atom is 0.269 e. The number of nitro benzene ring substituents is 1. The molecule has 0 bridgehead atoms. The van der Waals surface area contributed by atoms with Gasteiger partial charge in [-0.3, -0.25) is 19.7 Å². The summed E-state index contributed by atoms with van der Waals surface area (Å²) in [4.78, 5) is 39.2. The van der Waals surface area contributed by atoms with Gasteiger partial charge < -0.3 is 9.64 Å². The Balaban J connectivity index is 1.62. The van der Waals surface area contributed by atoms with E-state index in [-0.39, 0.29) is 28.9 Å². The van der Waals surface area contributed by atoms with Gasteiger partial charge in [-0.25, -0.2) is 0 Å². The van der Waals surface area contributed by atoms with Crippen molar-refractivity contribution in [3.63, 3.8) is 0 Å². The van der Waals surface area contributed by atoms with Crippen molar-refractivity contribution in [2.75, 3.05) is 7.05 Å². The van der Waals surface area contributed by atoms with Crippen molar-refractivity contribution in [2.24, 2.45) is 0 Å². The number of non-ortho nitro benzene ring substituents is 1. The summed E-state index contributed by atoms with van der Waals surface area (Å²) < 4.78 is 6.18. The summed E-state index contributed by atoms with van der Waals surface area (Å²) in [5, 5.41) is 11.6. The van der Waals surface area contributed by atoms with Crippen molar-refractivity contribution in [3.05, 3.63) is 90.2 Å². The number of hydrogen-bond donors (Lipinski definition) is 0. The minimum absolute atomic E-state index is 0.0131. The van der Waals surface area contributed by atoms with E-state index in [4.69, 9.17) is 27.9 Å². The van der Waals surface area contributed by atoms with Crippen LogP contribution in [0.4, 0.5) is 5.69 Å². The molecule has 3 aliphatic rings. The molecule has 0 spiro atoms. The van der Waals surface area contributed by atoms with Gasteiger partial charge in [-0.15, -0.1) is 0 Å². The molecule has 9 heteroatoms. The van der Waals surface area contributed by atoms with Gasteiger partial charge in [0.1, 0.15) is 12.4 Å². The van der Waals surface area contributed by atoms with Crippen molar-refractivity contribution in [1.29, 1.82) is 0 Å². The second-order valence-electron chi connectivity index (χ2n) is 9.28. The number of ether oxygens (including phenoxy) is 1. The first-order valence-corrected chi connectivity index (χ1v) is 12.6. The Kier molecular flexibility index (Phi) is 6.62. The molecule has 0 saturated heterocycles. The molecule has 0 N–H and O–H groups in total. The molecule has 0 amide bonds. The number of nitrogens with zero attached hydrogens (tertiary/aromatic N) is 2. The predicted molar refractivity (Wildman–Crippen MR) is 136 cm³/mol. The number of benzene rings is 2. The molecule has 2 aliphatic carbocycles. The first kappa shape index (κ1) is 24.5. The monoisotopic (exact) mass is 526 g/mol. The van der Waals surface area contributed by atoms with Crippen LogP contribution in [0.15, 0.2) is 58.9 Å². The molecule has 7 nitrogen and oxygen atoms in total. The maximum atomic E-state index is 13.3. The van der Waals surface area contributed by atoms with Gasteiger partial charge in [-0.2, -0.15) is 0 Å². The van der Waals surface area contributed by atoms with Crippen LogP contribution in [-0.4, -0.2) is 28.4 Å². The molecular formula is C27H24Cl2N2O5. The molecule has 1 aliphatic heterocycles. The molecule has 186 valence electrons. The Morgan fingerprint density at radius 1 is 0.972 bits per heavy atom. The zero-order chi connectivity index (χ0) is 25.6. The molecule has 1 heterocycles. The highest BCUT2D eigenvalue weighted by atomic mass is 35.5. The van der Waals surface area contributed by atoms with Gasteiger partial charge in [-0.05, 0) is 55.5 Å². The van der Waals surface area contributed by atoms with Crippen molar-refractivity contribution < 1.29 is 19.2 Å². The molecule has 5 rings (SSSR count). The Morgan fingerprint density at radius 3 is 2.11 bits per heavy atom. The summed E-state index contributed by atoms with van der Waals surface area (Å²) in [6.45, 7) is 0.0959. The second-order valence-corrected chi connectivity index (χ2v) is 10.1. The SMILES string of the molecule is CN1C2=C(C(=O)CCC2)C(c2cc(Cl)cc(Cl)c2OCc2ccc([N+](=O)[O-])cc2)C2=C1CCCC2=O. The summed E-state index contributed by atoms with van der Waals surface area (Å²) >= 11 is 13.1. The molecule has 2 aromatic rings. The molecule has 0 fully saturated rings. The molecular weight excluding hydrogens is 503 g/mol. The van der Waals surface area contributed by atoms with Gasteiger partial charge in [-0.1, -0.05) is 23.2 Å². The van der Waals surface area contributed by atoms with Crippen LogP contribution in [0.2, 0.25) is 10.0 Å². The maximum absolute atomic E-state index is 13.3. The topological polar surface area (TPSA) is 89.8 Å². The van der Waals surface area contributed by atoms with Gasteiger partial charge >= 0.3 is 0 Å². The highest BCUT2D eigenvalue weighted by Crippen LogP contribution is 2.52. The van der Waals surface area contributed by atoms with Gasteiger partial charge in [0.25, 0.3) is 5.69 Å². The van der Waals surface area contributed by atoms with Crippen LogP contribution >= 0.6 is 23.2 Å². The summed E-state index contributed by atoms with van der Waals surface area (Å²) in [7, 11) is 1.94. The van der Waals surface area contributed by atoms with Gasteiger partial charge in [0.15, 0.2) is 11.6 Å². The van der Waals surface area contributed by atoms with Crippen LogP contribution in [0.1, 0.15) is 55.6 Å². The van der Waals surface area contributed by atoms with Gasteiger partial charge in [0, 0.05) is 71.1 Å². The zero-order valence-electron chi connectivity index (χ0n) is 19.7. The predicted octanol–water partition coefficient (Wildman–Crippen LogP) is 6.52. The molecule has 0 aromatic heterocycles. The van der Waals surface area contributed by atoms with Crippen LogP contribution < -0.4 is 4.74 Å². The number of halogens is 2. The first-order chi connectivity index (χ1) is 17.3. The van der Waals surface area contributed by atoms with E-state index in [2.05, 4.69) is 0 Å². The number of Topliss-reactive ketones (excluding diaryl/α,β-unsaturated/α-hetero) is 2. The van der Waals surface area contributed by atoms with Crippen LogP contribution in [0, 0.1) is 10.1 Å². The van der Waals surface area contributed by atoms with Crippen molar-refractivity contribution in [1.82, 2.24) is 4.90 Å². The second kappa shape index (κ2) is 9.71. The Morgan fingerprint density at radius 2 is 1.56 bits per heavy atom. The standard InChI is InChI=1S/C27H24Cl2N2O5/c1-30-20-4-2-6-22(32)25(20)24(26-21(30)5-3-7-23(26)33)18-12-16(28)13-19(29)27(18)36-14-15-8-10-17(11-9-15)31(34)35/h8-13,24H,2-7,14H2,1H3. The number of carbonyl (C=O) groups is 2. The molecule has 2 aromatic carbocycles. The number of hydrogen-bond acceptors (Lipinski definition) is 6. The largest absolute Gasteiger partial charge is 0.487 e. The summed E-state index contributed by atoms with van der Waals surface area (Å²) in [6, 6.07) is 9.36. The summed E-state index contributed by atoms with van der Waals surface area (Å²) in [5.74, 6) is -0.204. The molecule has 0 unspecified atom stereocenters. The quantitative estimate of drug-likeness (QED) is 0.325. The van der Waals surface area contributed by atoms with Gasteiger partial charge in [0.05, 0.1) is 9.95 Å². The van der Waals surface area contributed by atoms with Crippen LogP contribution in [0.5, 0.6) is 5.75 Å².